The summed E-state index contributed by atoms with van der Waals surface area (Å²) in [6.07, 6.45) is 2.85. The zero-order valence-corrected chi connectivity index (χ0v) is 21.1. The fraction of sp³-hybridized carbons (Fsp3) is 0.346. The molecule has 0 amide bonds. The third kappa shape index (κ3) is 3.81. The van der Waals surface area contributed by atoms with Gasteiger partial charge in [0, 0.05) is 38.1 Å². The van der Waals surface area contributed by atoms with E-state index in [1.165, 1.54) is 10.2 Å². The summed E-state index contributed by atoms with van der Waals surface area (Å²) in [6.45, 7) is 12.7. The summed E-state index contributed by atoms with van der Waals surface area (Å²) in [7, 11) is 0. The maximum atomic E-state index is 13.5. The van der Waals surface area contributed by atoms with Gasteiger partial charge < -0.3 is 4.57 Å². The average molecular weight is 493 g/mol. The quantitative estimate of drug-likeness (QED) is 0.302. The first-order valence-electron chi connectivity index (χ1n) is 11.0. The van der Waals surface area contributed by atoms with E-state index in [2.05, 4.69) is 59.5 Å². The topological polar surface area (TPSA) is 52.2 Å². The van der Waals surface area contributed by atoms with Gasteiger partial charge in [0.15, 0.2) is 0 Å². The number of fused-ring (bicyclic) bond motifs is 2. The summed E-state index contributed by atoms with van der Waals surface area (Å²) >= 11 is 3.47. The molecule has 2 aromatic heterocycles. The Bertz CT molecular complexity index is 1410. The van der Waals surface area contributed by atoms with Crippen molar-refractivity contribution in [2.24, 2.45) is 5.10 Å². The molecule has 0 bridgehead atoms. The van der Waals surface area contributed by atoms with E-state index in [9.17, 15) is 4.79 Å². The van der Waals surface area contributed by atoms with Gasteiger partial charge in [0.25, 0.3) is 5.56 Å². The molecule has 0 aliphatic heterocycles. The van der Waals surface area contributed by atoms with Gasteiger partial charge in [0.05, 0.1) is 17.1 Å². The molecule has 2 heterocycles. The zero-order valence-electron chi connectivity index (χ0n) is 19.5. The lowest BCUT2D eigenvalue weighted by molar-refractivity contribution is 0.506. The molecular weight excluding hydrogens is 464 g/mol. The minimum absolute atomic E-state index is 0.166. The normalized spacial score (nSPS) is 13.5. The number of hydrogen-bond acceptors (Lipinski definition) is 3. The molecule has 0 unspecified atom stereocenters. The highest BCUT2D eigenvalue weighted by atomic mass is 79.9. The van der Waals surface area contributed by atoms with Gasteiger partial charge in [-0.05, 0) is 44.5 Å². The van der Waals surface area contributed by atoms with Crippen molar-refractivity contribution in [3.05, 3.63) is 74.4 Å². The molecule has 5 nitrogen and oxygen atoms in total. The van der Waals surface area contributed by atoms with Crippen LogP contribution >= 0.6 is 15.9 Å². The molecule has 1 atom stereocenters. The van der Waals surface area contributed by atoms with Crippen molar-refractivity contribution in [1.82, 2.24) is 14.2 Å². The van der Waals surface area contributed by atoms with Crippen LogP contribution in [0.5, 0.6) is 0 Å². The average Bonchev–Trinajstić information content (AvgIpc) is 3.03. The van der Waals surface area contributed by atoms with Crippen LogP contribution in [0.25, 0.3) is 21.8 Å². The predicted octanol–water partition coefficient (Wildman–Crippen LogP) is 6.57. The molecule has 0 saturated heterocycles. The number of hydrogen-bond donors (Lipinski definition) is 0. The van der Waals surface area contributed by atoms with Crippen LogP contribution in [0.3, 0.4) is 0 Å². The highest BCUT2D eigenvalue weighted by molar-refractivity contribution is 9.10. The number of halogens is 1. The predicted molar refractivity (Wildman–Crippen MR) is 137 cm³/mol. The van der Waals surface area contributed by atoms with E-state index in [0.29, 0.717) is 22.8 Å². The summed E-state index contributed by atoms with van der Waals surface area (Å²) in [4.78, 5) is 18.3. The lowest BCUT2D eigenvalue weighted by Crippen LogP contribution is -2.29. The Kier molecular flexibility index (Phi) is 5.84. The molecule has 166 valence electrons. The molecule has 0 fully saturated rings. The fourth-order valence-electron chi connectivity index (χ4n) is 4.19. The van der Waals surface area contributed by atoms with Gasteiger partial charge >= 0.3 is 0 Å². The van der Waals surface area contributed by atoms with Crippen LogP contribution in [0.15, 0.2) is 56.8 Å². The standard InChI is InChI=1S/C26H29BrN4O/c1-7-16(2)30-17(3)21(19-10-8-9-11-23(19)30)15-28-31-24(32)20-14-18(27)12-13-22(20)29-25(31)26(4,5)6/h8-16H,7H2,1-6H3/t16-/m0/s1. The molecule has 4 aromatic rings. The lowest BCUT2D eigenvalue weighted by Gasteiger charge is -2.21. The molecule has 0 N–H and O–H groups in total. The first-order chi connectivity index (χ1) is 15.1. The van der Waals surface area contributed by atoms with Gasteiger partial charge in [-0.2, -0.15) is 9.78 Å². The number of rotatable bonds is 4. The van der Waals surface area contributed by atoms with Crippen LogP contribution in [0.1, 0.15) is 64.2 Å². The molecule has 0 aliphatic rings. The Morgan fingerprint density at radius 3 is 2.56 bits per heavy atom. The lowest BCUT2D eigenvalue weighted by atomic mass is 9.95. The van der Waals surface area contributed by atoms with Crippen molar-refractivity contribution in [2.75, 3.05) is 0 Å². The highest BCUT2D eigenvalue weighted by Crippen LogP contribution is 2.29. The molecule has 0 aliphatic carbocycles. The van der Waals surface area contributed by atoms with Gasteiger partial charge in [-0.3, -0.25) is 4.79 Å². The van der Waals surface area contributed by atoms with Gasteiger partial charge in [0.1, 0.15) is 5.82 Å². The Balaban J connectivity index is 1.97. The first-order valence-corrected chi connectivity index (χ1v) is 11.8. The molecule has 0 spiro atoms. The monoisotopic (exact) mass is 492 g/mol. The van der Waals surface area contributed by atoms with E-state index in [0.717, 1.165) is 27.5 Å². The van der Waals surface area contributed by atoms with Crippen LogP contribution in [-0.4, -0.2) is 20.4 Å². The third-order valence-electron chi connectivity index (χ3n) is 6.02. The van der Waals surface area contributed by atoms with E-state index in [4.69, 9.17) is 10.1 Å². The number of aromatic nitrogens is 3. The van der Waals surface area contributed by atoms with E-state index in [-0.39, 0.29) is 11.0 Å². The van der Waals surface area contributed by atoms with E-state index in [1.807, 2.05) is 51.3 Å². The smallest absolute Gasteiger partial charge is 0.282 e. The highest BCUT2D eigenvalue weighted by Gasteiger charge is 2.23. The SMILES string of the molecule is CC[C@H](C)n1c(C)c(C=Nn2c(C(C)(C)C)nc3ccc(Br)cc3c2=O)c2ccccc21. The van der Waals surface area contributed by atoms with E-state index >= 15 is 0 Å². The summed E-state index contributed by atoms with van der Waals surface area (Å²) in [5.74, 6) is 0.636. The maximum Gasteiger partial charge on any atom is 0.282 e. The molecule has 6 heteroatoms. The molecule has 0 saturated carbocycles. The van der Waals surface area contributed by atoms with Crippen LogP contribution in [-0.2, 0) is 5.41 Å². The maximum absolute atomic E-state index is 13.5. The van der Waals surface area contributed by atoms with Gasteiger partial charge in [-0.25, -0.2) is 4.98 Å². The zero-order chi connectivity index (χ0) is 23.2. The van der Waals surface area contributed by atoms with E-state index in [1.54, 1.807) is 0 Å². The summed E-state index contributed by atoms with van der Waals surface area (Å²) in [6, 6.07) is 14.3. The summed E-state index contributed by atoms with van der Waals surface area (Å²) in [5.41, 5.74) is 3.52. The number of para-hydroxylation sites is 1. The van der Waals surface area contributed by atoms with Crippen LogP contribution in [0, 0.1) is 6.92 Å². The van der Waals surface area contributed by atoms with Crippen molar-refractivity contribution in [2.45, 2.75) is 59.4 Å². The van der Waals surface area contributed by atoms with Crippen LogP contribution in [0.4, 0.5) is 0 Å². The van der Waals surface area contributed by atoms with Crippen molar-refractivity contribution in [3.8, 4) is 0 Å². The largest absolute Gasteiger partial charge is 0.341 e. The Hall–Kier alpha value is -2.73. The van der Waals surface area contributed by atoms with Gasteiger partial charge in [-0.1, -0.05) is 61.8 Å². The molecular formula is C26H29BrN4O. The van der Waals surface area contributed by atoms with Crippen molar-refractivity contribution < 1.29 is 0 Å². The molecule has 2 aromatic carbocycles. The van der Waals surface area contributed by atoms with Crippen LogP contribution < -0.4 is 5.56 Å². The Morgan fingerprint density at radius 1 is 1.16 bits per heavy atom. The first kappa shape index (κ1) is 22.5. The molecule has 32 heavy (non-hydrogen) atoms. The van der Waals surface area contributed by atoms with Crippen LogP contribution in [0.2, 0.25) is 0 Å². The molecule has 4 rings (SSSR count). The summed E-state index contributed by atoms with van der Waals surface area (Å²) < 4.78 is 4.67. The van der Waals surface area contributed by atoms with Gasteiger partial charge in [-0.15, -0.1) is 0 Å². The summed E-state index contributed by atoms with van der Waals surface area (Å²) in [5, 5.41) is 6.40. The van der Waals surface area contributed by atoms with Gasteiger partial charge in [0.2, 0.25) is 0 Å². The third-order valence-corrected chi connectivity index (χ3v) is 6.51. The minimum atomic E-state index is -0.350. The number of nitrogens with zero attached hydrogens (tertiary/aromatic N) is 4. The molecule has 0 radical (unpaired) electrons. The number of benzene rings is 2. The van der Waals surface area contributed by atoms with Crippen molar-refractivity contribution >= 4 is 44.0 Å². The minimum Gasteiger partial charge on any atom is -0.341 e. The van der Waals surface area contributed by atoms with Crippen molar-refractivity contribution in [3.63, 3.8) is 0 Å². The fourth-order valence-corrected chi connectivity index (χ4v) is 4.55. The van der Waals surface area contributed by atoms with E-state index < -0.39 is 0 Å². The second-order valence-corrected chi connectivity index (χ2v) is 10.3. The van der Waals surface area contributed by atoms with Crippen molar-refractivity contribution in [1.29, 1.82) is 0 Å². The Morgan fingerprint density at radius 2 is 1.88 bits per heavy atom. The Labute approximate surface area is 196 Å². The second-order valence-electron chi connectivity index (χ2n) is 9.35. The second kappa shape index (κ2) is 8.32.